The summed E-state index contributed by atoms with van der Waals surface area (Å²) in [6.07, 6.45) is 2.12. The van der Waals surface area contributed by atoms with E-state index in [4.69, 9.17) is 18.9 Å². The highest BCUT2D eigenvalue weighted by atomic mass is 16.7. The van der Waals surface area contributed by atoms with Gasteiger partial charge in [-0.3, -0.25) is 0 Å². The molecule has 0 spiro atoms. The molecule has 0 N–H and O–H groups in total. The maximum atomic E-state index is 5.52. The molecule has 1 rings (SSSR count). The van der Waals surface area contributed by atoms with Crippen LogP contribution >= 0.6 is 0 Å². The van der Waals surface area contributed by atoms with Gasteiger partial charge in [-0.1, -0.05) is 37.4 Å². The summed E-state index contributed by atoms with van der Waals surface area (Å²) in [7, 11) is 0. The number of hydrogen-bond donors (Lipinski definition) is 0. The van der Waals surface area contributed by atoms with Crippen LogP contribution in [-0.2, 0) is 32.2 Å². The van der Waals surface area contributed by atoms with Crippen LogP contribution in [0.2, 0.25) is 0 Å². The Morgan fingerprint density at radius 2 is 1.40 bits per heavy atom. The van der Waals surface area contributed by atoms with Crippen LogP contribution in [0.25, 0.3) is 0 Å². The van der Waals surface area contributed by atoms with Gasteiger partial charge in [-0.2, -0.15) is 0 Å². The fourth-order valence-corrected chi connectivity index (χ4v) is 1.59. The summed E-state index contributed by atoms with van der Waals surface area (Å²) in [4.78, 5) is 0. The molecule has 0 aromatic heterocycles. The van der Waals surface area contributed by atoms with Gasteiger partial charge in [0.05, 0.1) is 25.7 Å². The van der Waals surface area contributed by atoms with Crippen molar-refractivity contribution in [2.24, 2.45) is 0 Å². The number of benzene rings is 1. The molecule has 2 atom stereocenters. The third kappa shape index (κ3) is 6.41. The average molecular weight is 278 g/mol. The van der Waals surface area contributed by atoms with Gasteiger partial charge in [0, 0.05) is 0 Å². The quantitative estimate of drug-likeness (QED) is 0.482. The Labute approximate surface area is 120 Å². The Bertz CT molecular complexity index is 381. The minimum absolute atomic E-state index is 0.312. The van der Waals surface area contributed by atoms with Gasteiger partial charge in [0.25, 0.3) is 0 Å². The molecule has 0 aliphatic rings. The molecule has 0 radical (unpaired) electrons. The zero-order valence-electron chi connectivity index (χ0n) is 12.1. The molecule has 1 aromatic carbocycles. The molecule has 0 amide bonds. The zero-order valence-corrected chi connectivity index (χ0v) is 12.1. The molecule has 0 aliphatic carbocycles. The lowest BCUT2D eigenvalue weighted by molar-refractivity contribution is -0.102. The maximum Gasteiger partial charge on any atom is 0.196 e. The van der Waals surface area contributed by atoms with Gasteiger partial charge in [0.15, 0.2) is 12.6 Å². The molecular formula is C16H22O4. The molecular weight excluding hydrogens is 256 g/mol. The van der Waals surface area contributed by atoms with E-state index in [1.165, 1.54) is 12.5 Å². The third-order valence-corrected chi connectivity index (χ3v) is 2.54. The van der Waals surface area contributed by atoms with Crippen LogP contribution in [0.3, 0.4) is 0 Å². The SMILES string of the molecule is C=COC(C)OCc1cccc(COC(C)OC=C)c1. The highest BCUT2D eigenvalue weighted by Crippen LogP contribution is 2.10. The summed E-state index contributed by atoms with van der Waals surface area (Å²) in [5.41, 5.74) is 2.12. The van der Waals surface area contributed by atoms with Crippen LogP contribution in [0.5, 0.6) is 0 Å². The van der Waals surface area contributed by atoms with Crippen molar-refractivity contribution in [1.29, 1.82) is 0 Å². The minimum atomic E-state index is -0.312. The molecule has 0 bridgehead atoms. The molecule has 0 heterocycles. The van der Waals surface area contributed by atoms with Crippen LogP contribution < -0.4 is 0 Å². The van der Waals surface area contributed by atoms with Gasteiger partial charge in [-0.05, 0) is 25.0 Å². The van der Waals surface area contributed by atoms with Crippen molar-refractivity contribution in [3.05, 3.63) is 61.1 Å². The Hall–Kier alpha value is -1.78. The summed E-state index contributed by atoms with van der Waals surface area (Å²) in [5.74, 6) is 0. The lowest BCUT2D eigenvalue weighted by Gasteiger charge is -2.14. The lowest BCUT2D eigenvalue weighted by Crippen LogP contribution is -2.10. The Morgan fingerprint density at radius 1 is 0.950 bits per heavy atom. The molecule has 2 unspecified atom stereocenters. The third-order valence-electron chi connectivity index (χ3n) is 2.54. The molecule has 0 saturated carbocycles. The first kappa shape index (κ1) is 16.3. The van der Waals surface area contributed by atoms with Crippen molar-refractivity contribution in [2.75, 3.05) is 0 Å². The van der Waals surface area contributed by atoms with Crippen LogP contribution in [0.15, 0.2) is 49.9 Å². The van der Waals surface area contributed by atoms with E-state index in [1.54, 1.807) is 0 Å². The first-order valence-corrected chi connectivity index (χ1v) is 6.49. The second-order valence-corrected chi connectivity index (χ2v) is 4.18. The summed E-state index contributed by atoms with van der Waals surface area (Å²) >= 11 is 0. The van der Waals surface area contributed by atoms with Gasteiger partial charge in [-0.25, -0.2) is 0 Å². The van der Waals surface area contributed by atoms with E-state index in [0.29, 0.717) is 13.2 Å². The van der Waals surface area contributed by atoms with Gasteiger partial charge in [0.1, 0.15) is 0 Å². The highest BCUT2D eigenvalue weighted by Gasteiger charge is 2.04. The van der Waals surface area contributed by atoms with E-state index in [1.807, 2.05) is 38.1 Å². The Morgan fingerprint density at radius 3 is 1.80 bits per heavy atom. The topological polar surface area (TPSA) is 36.9 Å². The molecule has 110 valence electrons. The maximum absolute atomic E-state index is 5.52. The van der Waals surface area contributed by atoms with Crippen molar-refractivity contribution in [3.63, 3.8) is 0 Å². The van der Waals surface area contributed by atoms with Gasteiger partial charge < -0.3 is 18.9 Å². The molecule has 1 aromatic rings. The van der Waals surface area contributed by atoms with Crippen molar-refractivity contribution in [2.45, 2.75) is 39.6 Å². The van der Waals surface area contributed by atoms with Crippen molar-refractivity contribution in [1.82, 2.24) is 0 Å². The van der Waals surface area contributed by atoms with Crippen molar-refractivity contribution < 1.29 is 18.9 Å². The van der Waals surface area contributed by atoms with Crippen molar-refractivity contribution >= 4 is 0 Å². The highest BCUT2D eigenvalue weighted by molar-refractivity contribution is 5.22. The largest absolute Gasteiger partial charge is 0.473 e. The monoisotopic (exact) mass is 278 g/mol. The molecule has 0 saturated heterocycles. The van der Waals surface area contributed by atoms with E-state index >= 15 is 0 Å². The molecule has 4 nitrogen and oxygen atoms in total. The standard InChI is InChI=1S/C16H22O4/c1-5-17-13(3)19-11-15-8-7-9-16(10-15)12-20-14(4)18-6-2/h5-10,13-14H,1-2,11-12H2,3-4H3. The number of rotatable bonds is 10. The predicted octanol–water partition coefficient (Wildman–Crippen LogP) is 3.73. The molecule has 4 heteroatoms. The van der Waals surface area contributed by atoms with Crippen LogP contribution in [-0.4, -0.2) is 12.6 Å². The summed E-state index contributed by atoms with van der Waals surface area (Å²) in [6.45, 7) is 11.6. The second-order valence-electron chi connectivity index (χ2n) is 4.18. The van der Waals surface area contributed by atoms with Crippen LogP contribution in [0.4, 0.5) is 0 Å². The summed E-state index contributed by atoms with van der Waals surface area (Å²) in [6, 6.07) is 7.98. The van der Waals surface area contributed by atoms with Crippen LogP contribution in [0.1, 0.15) is 25.0 Å². The first-order valence-electron chi connectivity index (χ1n) is 6.49. The van der Waals surface area contributed by atoms with Crippen molar-refractivity contribution in [3.8, 4) is 0 Å². The van der Waals surface area contributed by atoms with E-state index in [2.05, 4.69) is 13.2 Å². The van der Waals surface area contributed by atoms with Gasteiger partial charge in [-0.15, -0.1) is 0 Å². The van der Waals surface area contributed by atoms with E-state index in [0.717, 1.165) is 11.1 Å². The predicted molar refractivity (Wildman–Crippen MR) is 77.5 cm³/mol. The lowest BCUT2D eigenvalue weighted by atomic mass is 10.1. The Kier molecular flexibility index (Phi) is 7.47. The second kappa shape index (κ2) is 9.18. The zero-order chi connectivity index (χ0) is 14.8. The van der Waals surface area contributed by atoms with E-state index < -0.39 is 0 Å². The van der Waals surface area contributed by atoms with Gasteiger partial charge >= 0.3 is 0 Å². The number of hydrogen-bond acceptors (Lipinski definition) is 4. The smallest absolute Gasteiger partial charge is 0.196 e. The fourth-order valence-electron chi connectivity index (χ4n) is 1.59. The van der Waals surface area contributed by atoms with E-state index in [-0.39, 0.29) is 12.6 Å². The number of ether oxygens (including phenoxy) is 4. The Balaban J connectivity index is 2.44. The molecule has 0 aliphatic heterocycles. The minimum Gasteiger partial charge on any atom is -0.473 e. The summed E-state index contributed by atoms with van der Waals surface area (Å²) < 4.78 is 21.2. The molecule has 0 fully saturated rings. The normalized spacial score (nSPS) is 13.3. The van der Waals surface area contributed by atoms with Gasteiger partial charge in [0.2, 0.25) is 0 Å². The molecule has 20 heavy (non-hydrogen) atoms. The van der Waals surface area contributed by atoms with Crippen LogP contribution in [0, 0.1) is 0 Å². The van der Waals surface area contributed by atoms with E-state index in [9.17, 15) is 0 Å². The fraction of sp³-hybridized carbons (Fsp3) is 0.375. The first-order chi connectivity index (χ1) is 9.65. The average Bonchev–Trinajstić information content (AvgIpc) is 2.44. The summed E-state index contributed by atoms with van der Waals surface area (Å²) in [5, 5.41) is 0.